The zero-order valence-corrected chi connectivity index (χ0v) is 16.6. The number of nitrogens with zero attached hydrogens (tertiary/aromatic N) is 1. The summed E-state index contributed by atoms with van der Waals surface area (Å²) in [5, 5.41) is 15.6. The van der Waals surface area contributed by atoms with Crippen molar-refractivity contribution >= 4 is 11.6 Å². The predicted octanol–water partition coefficient (Wildman–Crippen LogP) is 5.60. The van der Waals surface area contributed by atoms with Crippen molar-refractivity contribution in [2.24, 2.45) is 0 Å². The lowest BCUT2D eigenvalue weighted by Crippen LogP contribution is -2.35. The minimum absolute atomic E-state index is 0.127. The Bertz CT molecular complexity index is 648. The van der Waals surface area contributed by atoms with E-state index in [0.29, 0.717) is 0 Å². The van der Waals surface area contributed by atoms with Crippen LogP contribution in [0.1, 0.15) is 76.2 Å². The molecule has 146 valence electrons. The van der Waals surface area contributed by atoms with Crippen molar-refractivity contribution in [3.8, 4) is 6.07 Å². The Labute approximate surface area is 164 Å². The minimum atomic E-state index is -0.269. The number of hydrogen-bond acceptors (Lipinski definition) is 3. The second-order valence-corrected chi connectivity index (χ2v) is 7.61. The Morgan fingerprint density at radius 1 is 1.04 bits per heavy atom. The first kappa shape index (κ1) is 21.0. The third kappa shape index (κ3) is 8.30. The number of anilines is 1. The molecule has 27 heavy (non-hydrogen) atoms. The lowest BCUT2D eigenvalue weighted by Gasteiger charge is -2.19. The molecule has 0 aromatic heterocycles. The van der Waals surface area contributed by atoms with E-state index in [4.69, 9.17) is 0 Å². The molecular weight excluding hydrogens is 334 g/mol. The summed E-state index contributed by atoms with van der Waals surface area (Å²) in [6, 6.07) is 10.1. The van der Waals surface area contributed by atoms with Crippen molar-refractivity contribution in [3.05, 3.63) is 41.6 Å². The van der Waals surface area contributed by atoms with Gasteiger partial charge in [0, 0.05) is 17.9 Å². The van der Waals surface area contributed by atoms with E-state index >= 15 is 0 Å². The summed E-state index contributed by atoms with van der Waals surface area (Å²) >= 11 is 0. The van der Waals surface area contributed by atoms with E-state index in [-0.39, 0.29) is 17.5 Å². The molecule has 0 bridgehead atoms. The van der Waals surface area contributed by atoms with E-state index in [2.05, 4.69) is 10.6 Å². The zero-order chi connectivity index (χ0) is 19.3. The van der Waals surface area contributed by atoms with Gasteiger partial charge in [-0.3, -0.25) is 4.79 Å². The summed E-state index contributed by atoms with van der Waals surface area (Å²) < 4.78 is 0. The summed E-state index contributed by atoms with van der Waals surface area (Å²) in [5.41, 5.74) is 2.13. The van der Waals surface area contributed by atoms with Crippen LogP contribution in [0.15, 0.2) is 36.0 Å². The van der Waals surface area contributed by atoms with E-state index in [0.717, 1.165) is 36.9 Å². The summed E-state index contributed by atoms with van der Waals surface area (Å²) in [5.74, 6) is -0.269. The van der Waals surface area contributed by atoms with Crippen LogP contribution in [-0.4, -0.2) is 11.9 Å². The molecular formula is C23H33N3O. The average Bonchev–Trinajstić information content (AvgIpc) is 2.64. The van der Waals surface area contributed by atoms with Crippen LogP contribution in [0.4, 0.5) is 5.69 Å². The van der Waals surface area contributed by atoms with E-state index in [1.165, 1.54) is 51.1 Å². The Morgan fingerprint density at radius 3 is 2.19 bits per heavy atom. The topological polar surface area (TPSA) is 64.9 Å². The smallest absolute Gasteiger partial charge is 0.263 e. The fourth-order valence-corrected chi connectivity index (χ4v) is 3.61. The van der Waals surface area contributed by atoms with Crippen molar-refractivity contribution < 1.29 is 4.79 Å². The molecule has 1 aromatic rings. The molecule has 0 spiro atoms. The first-order valence-corrected chi connectivity index (χ1v) is 10.4. The maximum absolute atomic E-state index is 12.6. The molecule has 1 amide bonds. The normalized spacial score (nSPS) is 17.9. The summed E-state index contributed by atoms with van der Waals surface area (Å²) in [7, 11) is 0. The van der Waals surface area contributed by atoms with Crippen molar-refractivity contribution in [2.75, 3.05) is 5.32 Å². The highest BCUT2D eigenvalue weighted by molar-refractivity contribution is 5.97. The molecule has 4 nitrogen and oxygen atoms in total. The second-order valence-electron chi connectivity index (χ2n) is 7.61. The highest BCUT2D eigenvalue weighted by Crippen LogP contribution is 2.17. The van der Waals surface area contributed by atoms with Gasteiger partial charge >= 0.3 is 0 Å². The van der Waals surface area contributed by atoms with Gasteiger partial charge in [-0.1, -0.05) is 69.9 Å². The Hall–Kier alpha value is -2.28. The number of hydrogen-bond donors (Lipinski definition) is 2. The van der Waals surface area contributed by atoms with Crippen molar-refractivity contribution in [3.63, 3.8) is 0 Å². The maximum atomic E-state index is 12.6. The van der Waals surface area contributed by atoms with Crippen LogP contribution in [0.25, 0.3) is 0 Å². The van der Waals surface area contributed by atoms with Crippen molar-refractivity contribution in [2.45, 2.75) is 83.6 Å². The van der Waals surface area contributed by atoms with Crippen LogP contribution in [0.5, 0.6) is 0 Å². The Balaban J connectivity index is 1.91. The molecule has 0 heterocycles. The molecule has 0 atom stereocenters. The van der Waals surface area contributed by atoms with Gasteiger partial charge in [0.25, 0.3) is 5.91 Å². The van der Waals surface area contributed by atoms with E-state index in [1.807, 2.05) is 37.3 Å². The van der Waals surface area contributed by atoms with Gasteiger partial charge in [0.2, 0.25) is 0 Å². The number of nitriles is 1. The summed E-state index contributed by atoms with van der Waals surface area (Å²) in [6.07, 6.45) is 14.9. The Kier molecular flexibility index (Phi) is 9.48. The van der Waals surface area contributed by atoms with E-state index < -0.39 is 0 Å². The lowest BCUT2D eigenvalue weighted by atomic mass is 9.98. The highest BCUT2D eigenvalue weighted by atomic mass is 16.1. The molecule has 1 aliphatic carbocycles. The standard InChI is InChI=1S/C23H33N3O/c1-19-12-11-15-22(16-19)25-18-20(17-24)23(27)26-21-13-9-7-5-3-2-4-6-8-10-14-21/h11-12,15-16,18,21,25H,2-10,13-14H2,1H3,(H,26,27)/b20-18-. The van der Waals surface area contributed by atoms with Gasteiger partial charge < -0.3 is 10.6 Å². The number of aryl methyl sites for hydroxylation is 1. The van der Waals surface area contributed by atoms with Gasteiger partial charge in [-0.15, -0.1) is 0 Å². The van der Waals surface area contributed by atoms with Crippen LogP contribution < -0.4 is 10.6 Å². The lowest BCUT2D eigenvalue weighted by molar-refractivity contribution is -0.117. The van der Waals surface area contributed by atoms with Gasteiger partial charge in [0.05, 0.1) is 0 Å². The van der Waals surface area contributed by atoms with Gasteiger partial charge in [0.15, 0.2) is 0 Å². The van der Waals surface area contributed by atoms with Gasteiger partial charge in [-0.05, 0) is 37.5 Å². The molecule has 0 aliphatic heterocycles. The molecule has 2 N–H and O–H groups in total. The number of rotatable bonds is 4. The molecule has 0 radical (unpaired) electrons. The van der Waals surface area contributed by atoms with Gasteiger partial charge in [0.1, 0.15) is 11.6 Å². The molecule has 1 aromatic carbocycles. The predicted molar refractivity (Wildman–Crippen MR) is 111 cm³/mol. The highest BCUT2D eigenvalue weighted by Gasteiger charge is 2.16. The Morgan fingerprint density at radius 2 is 1.63 bits per heavy atom. The van der Waals surface area contributed by atoms with Gasteiger partial charge in [-0.2, -0.15) is 5.26 Å². The summed E-state index contributed by atoms with van der Waals surface area (Å²) in [4.78, 5) is 12.6. The number of benzene rings is 1. The molecule has 1 aliphatic rings. The number of carbonyl (C=O) groups excluding carboxylic acids is 1. The van der Waals surface area contributed by atoms with E-state index in [1.54, 1.807) is 0 Å². The van der Waals surface area contributed by atoms with Crippen LogP contribution in [0.3, 0.4) is 0 Å². The van der Waals surface area contributed by atoms with Crippen LogP contribution in [0.2, 0.25) is 0 Å². The van der Waals surface area contributed by atoms with E-state index in [9.17, 15) is 10.1 Å². The zero-order valence-electron chi connectivity index (χ0n) is 16.6. The molecule has 0 unspecified atom stereocenters. The fraction of sp³-hybridized carbons (Fsp3) is 0.565. The average molecular weight is 368 g/mol. The fourth-order valence-electron chi connectivity index (χ4n) is 3.61. The maximum Gasteiger partial charge on any atom is 0.263 e. The number of nitrogens with one attached hydrogen (secondary N) is 2. The van der Waals surface area contributed by atoms with Crippen molar-refractivity contribution in [1.29, 1.82) is 5.26 Å². The quantitative estimate of drug-likeness (QED) is 0.537. The monoisotopic (exact) mass is 367 g/mol. The molecule has 1 fully saturated rings. The number of amides is 1. The molecule has 2 rings (SSSR count). The van der Waals surface area contributed by atoms with Crippen LogP contribution in [0, 0.1) is 18.3 Å². The largest absolute Gasteiger partial charge is 0.360 e. The molecule has 0 saturated heterocycles. The van der Waals surface area contributed by atoms with Gasteiger partial charge in [-0.25, -0.2) is 0 Å². The first-order valence-electron chi connectivity index (χ1n) is 10.4. The number of carbonyl (C=O) groups is 1. The first-order chi connectivity index (χ1) is 13.2. The van der Waals surface area contributed by atoms with Crippen LogP contribution in [-0.2, 0) is 4.79 Å². The second kappa shape index (κ2) is 12.2. The third-order valence-corrected chi connectivity index (χ3v) is 5.21. The minimum Gasteiger partial charge on any atom is -0.360 e. The molecule has 1 saturated carbocycles. The SMILES string of the molecule is Cc1cccc(N/C=C(/C#N)C(=O)NC2CCCCCCCCCCC2)c1. The van der Waals surface area contributed by atoms with Crippen LogP contribution >= 0.6 is 0 Å². The molecule has 4 heteroatoms. The third-order valence-electron chi connectivity index (χ3n) is 5.21. The van der Waals surface area contributed by atoms with Crippen molar-refractivity contribution in [1.82, 2.24) is 5.32 Å². The summed E-state index contributed by atoms with van der Waals surface area (Å²) in [6.45, 7) is 2.01.